The summed E-state index contributed by atoms with van der Waals surface area (Å²) in [6.45, 7) is 6.26. The van der Waals surface area contributed by atoms with E-state index in [0.717, 1.165) is 10.9 Å². The molecule has 25 heteroatoms. The second-order valence-corrected chi connectivity index (χ2v) is 20.6. The first-order valence-corrected chi connectivity index (χ1v) is 25.4. The summed E-state index contributed by atoms with van der Waals surface area (Å²) in [5.41, 5.74) is 30.1. The lowest BCUT2D eigenvalue weighted by molar-refractivity contribution is -0.135. The van der Waals surface area contributed by atoms with Gasteiger partial charge in [-0.1, -0.05) is 70.1 Å². The number of carbonyl (C=O) groups is 8. The number of rotatable bonds is 16. The Kier molecular flexibility index (Phi) is 21.8. The molecule has 2 aromatic carbocycles. The molecule has 0 aliphatic carbocycles. The van der Waals surface area contributed by atoms with Crippen LogP contribution in [0.1, 0.15) is 70.9 Å². The maximum absolute atomic E-state index is 14.5. The van der Waals surface area contributed by atoms with Crippen molar-refractivity contribution in [2.45, 2.75) is 120 Å². The zero-order valence-electron chi connectivity index (χ0n) is 40.2. The smallest absolute Gasteiger partial charge is 0.243 e. The molecule has 1 unspecified atom stereocenters. The van der Waals surface area contributed by atoms with Gasteiger partial charge in [-0.2, -0.15) is 0 Å². The number of hydrogen-bond donors (Lipinski definition) is 13. The normalized spacial score (nSPS) is 22.1. The topological polar surface area (TPSA) is 391 Å². The van der Waals surface area contributed by atoms with Gasteiger partial charge >= 0.3 is 0 Å². The van der Waals surface area contributed by atoms with Crippen LogP contribution in [0.2, 0.25) is 0 Å². The van der Waals surface area contributed by atoms with E-state index >= 15 is 0 Å². The molecule has 8 amide bonds. The van der Waals surface area contributed by atoms with Crippen LogP contribution in [0, 0.1) is 0 Å². The van der Waals surface area contributed by atoms with E-state index < -0.39 is 94.3 Å². The van der Waals surface area contributed by atoms with Gasteiger partial charge in [-0.3, -0.25) is 48.3 Å². The van der Waals surface area contributed by atoms with Gasteiger partial charge in [0.25, 0.3) is 0 Å². The average molecular weight is 1020 g/mol. The molecule has 2 heterocycles. The first-order valence-electron chi connectivity index (χ1n) is 23.0. The molecule has 1 aliphatic heterocycles. The highest BCUT2D eigenvalue weighted by Crippen LogP contribution is 2.39. The molecule has 1 aliphatic rings. The molecule has 4 rings (SSSR count). The van der Waals surface area contributed by atoms with Gasteiger partial charge in [0, 0.05) is 60.5 Å². The van der Waals surface area contributed by atoms with Crippen molar-refractivity contribution in [3.8, 4) is 0 Å². The Hall–Kier alpha value is -7.02. The summed E-state index contributed by atoms with van der Waals surface area (Å²) < 4.78 is -1.12. The van der Waals surface area contributed by atoms with Crippen LogP contribution in [0.25, 0.3) is 10.9 Å². The van der Waals surface area contributed by atoms with Gasteiger partial charge in [0.2, 0.25) is 47.3 Å². The lowest BCUT2D eigenvalue weighted by Gasteiger charge is -2.33. The van der Waals surface area contributed by atoms with E-state index in [4.69, 9.17) is 28.7 Å². The van der Waals surface area contributed by atoms with Gasteiger partial charge in [-0.05, 0) is 70.1 Å². The second kappa shape index (κ2) is 27.4. The summed E-state index contributed by atoms with van der Waals surface area (Å²) in [5.74, 6) is -6.05. The summed E-state index contributed by atoms with van der Waals surface area (Å²) in [6, 6.07) is 7.25. The van der Waals surface area contributed by atoms with E-state index in [9.17, 15) is 38.4 Å². The first-order chi connectivity index (χ1) is 33.6. The lowest BCUT2D eigenvalue weighted by atomic mass is 9.99. The molecular weight excluding hydrogens is 955 g/mol. The fraction of sp³-hybridized carbons (Fsp3) is 0.478. The summed E-state index contributed by atoms with van der Waals surface area (Å²) in [4.78, 5) is 122. The number of nitrogens with one attached hydrogen (secondary N) is 8. The van der Waals surface area contributed by atoms with Crippen molar-refractivity contribution in [3.63, 3.8) is 0 Å². The summed E-state index contributed by atoms with van der Waals surface area (Å²) >= 11 is 0. The highest BCUT2D eigenvalue weighted by atomic mass is 33.1. The van der Waals surface area contributed by atoms with E-state index in [1.807, 2.05) is 24.3 Å². The number of H-pyrrole nitrogens is 1. The van der Waals surface area contributed by atoms with E-state index in [0.29, 0.717) is 17.5 Å². The monoisotopic (exact) mass is 1020 g/mol. The molecule has 71 heavy (non-hydrogen) atoms. The van der Waals surface area contributed by atoms with Crippen LogP contribution in [-0.2, 0) is 51.2 Å². The number of nitrogens with zero attached hydrogens (tertiary/aromatic N) is 2. The summed E-state index contributed by atoms with van der Waals surface area (Å²) in [5, 5.41) is 19.8. The number of nitrogens with two attached hydrogens (primary N) is 5. The minimum atomic E-state index is -1.32. The standard InChI is InChI=1S/C46H67N15O8S2/c1-25-38(64)59-34(22-27-12-6-5-7-13-27)42(68)57-32(17-11-20-53-45(50)51)41(67)60-35(23-28-24-54-30-15-9-8-14-29(28)30)43(69)61-36(37(47)63)46(3,4)71-70-21-18-33(39(65)55-25)58-40(66)31(56-26(2)62)16-10-19-52-44(48)49/h5-9,12-15,24-25,31-36,54H,10-11,16-23H2,1-4H3,(H2,47,63)(H,55,65)(H,56,62)(H,57,68)(H,58,66)(H,59,64)(H,60,67)(H,61,69)(H4,48,49,52)(H4,50,51,53)/t25-,31+,32+,33?,34-,35+,36-/m1/s1. The Morgan fingerprint density at radius 2 is 1.34 bits per heavy atom. The molecular formula is C46H67N15O8S2. The van der Waals surface area contributed by atoms with E-state index in [1.54, 1.807) is 50.4 Å². The number of para-hydroxylation sites is 1. The number of hydrogen-bond acceptors (Lipinski definition) is 12. The number of aliphatic imine (C=N–C) groups is 2. The van der Waals surface area contributed by atoms with Crippen molar-refractivity contribution >= 4 is 91.7 Å². The van der Waals surface area contributed by atoms with Crippen LogP contribution in [0.4, 0.5) is 0 Å². The first kappa shape index (κ1) is 56.6. The Labute approximate surface area is 419 Å². The van der Waals surface area contributed by atoms with Crippen molar-refractivity contribution in [3.05, 3.63) is 71.9 Å². The maximum atomic E-state index is 14.5. The largest absolute Gasteiger partial charge is 0.370 e. The van der Waals surface area contributed by atoms with Crippen molar-refractivity contribution < 1.29 is 38.4 Å². The van der Waals surface area contributed by atoms with Crippen molar-refractivity contribution in [1.29, 1.82) is 0 Å². The summed E-state index contributed by atoms with van der Waals surface area (Å²) in [6.07, 6.45) is 2.18. The third-order valence-corrected chi connectivity index (χ3v) is 14.6. The zero-order chi connectivity index (χ0) is 52.3. The molecule has 0 bridgehead atoms. The fourth-order valence-electron chi connectivity index (χ4n) is 7.58. The van der Waals surface area contributed by atoms with E-state index in [2.05, 4.69) is 52.2 Å². The lowest BCUT2D eigenvalue weighted by Crippen LogP contribution is -2.61. The Bertz CT molecular complexity index is 2410. The van der Waals surface area contributed by atoms with Crippen LogP contribution < -0.4 is 65.9 Å². The van der Waals surface area contributed by atoms with Crippen LogP contribution in [0.3, 0.4) is 0 Å². The molecule has 386 valence electrons. The van der Waals surface area contributed by atoms with Gasteiger partial charge in [-0.25, -0.2) is 0 Å². The molecule has 1 saturated heterocycles. The number of primary amides is 1. The molecule has 0 radical (unpaired) electrons. The summed E-state index contributed by atoms with van der Waals surface area (Å²) in [7, 11) is 2.40. The van der Waals surface area contributed by atoms with Gasteiger partial charge in [0.15, 0.2) is 11.9 Å². The zero-order valence-corrected chi connectivity index (χ0v) is 41.9. The number of guanidine groups is 2. The van der Waals surface area contributed by atoms with Gasteiger partial charge in [-0.15, -0.1) is 0 Å². The number of benzene rings is 2. The molecule has 3 aromatic rings. The van der Waals surface area contributed by atoms with Crippen LogP contribution >= 0.6 is 21.6 Å². The minimum absolute atomic E-state index is 0.0175. The molecule has 18 N–H and O–H groups in total. The SMILES string of the molecule is CC(=O)N[C@@H](CCCN=C(N)N)C(=O)NC1CCSSC(C)(C)[C@@H](C(N)=O)NC(=O)[C@H](Cc2c[nH]c3ccccc23)NC(=O)[C@H](CCCN=C(N)N)NC(=O)[C@@H](Cc2ccccc2)NC(=O)[C@@H](C)NC1=O. The Morgan fingerprint density at radius 1 is 0.746 bits per heavy atom. The predicted octanol–water partition coefficient (Wildman–Crippen LogP) is -1.46. The third-order valence-electron chi connectivity index (χ3n) is 11.3. The number of aromatic amines is 1. The number of amides is 8. The second-order valence-electron chi connectivity index (χ2n) is 17.5. The molecule has 23 nitrogen and oxygen atoms in total. The average Bonchev–Trinajstić information content (AvgIpc) is 3.72. The Balaban J connectivity index is 1.76. The van der Waals surface area contributed by atoms with Crippen LogP contribution in [0.15, 0.2) is 70.8 Å². The quantitative estimate of drug-likeness (QED) is 0.0338. The number of fused-ring (bicyclic) bond motifs is 1. The molecule has 1 fully saturated rings. The van der Waals surface area contributed by atoms with Gasteiger partial charge in [0.05, 0.1) is 0 Å². The van der Waals surface area contributed by atoms with Crippen molar-refractivity contribution in [2.24, 2.45) is 38.7 Å². The maximum Gasteiger partial charge on any atom is 0.243 e. The minimum Gasteiger partial charge on any atom is -0.370 e. The highest BCUT2D eigenvalue weighted by Gasteiger charge is 2.39. The van der Waals surface area contributed by atoms with E-state index in [1.165, 1.54) is 35.4 Å². The molecule has 0 saturated carbocycles. The highest BCUT2D eigenvalue weighted by molar-refractivity contribution is 8.77. The molecule has 7 atom stereocenters. The van der Waals surface area contributed by atoms with Gasteiger partial charge in [0.1, 0.15) is 42.3 Å². The van der Waals surface area contributed by atoms with Crippen molar-refractivity contribution in [1.82, 2.24) is 42.2 Å². The third kappa shape index (κ3) is 18.3. The fourth-order valence-corrected chi connectivity index (χ4v) is 10.3. The number of aromatic nitrogens is 1. The predicted molar refractivity (Wildman–Crippen MR) is 275 cm³/mol. The van der Waals surface area contributed by atoms with Crippen molar-refractivity contribution in [2.75, 3.05) is 18.8 Å². The molecule has 0 spiro atoms. The van der Waals surface area contributed by atoms with E-state index in [-0.39, 0.29) is 69.3 Å². The molecule has 1 aromatic heterocycles. The number of carbonyl (C=O) groups excluding carboxylic acids is 8. The van der Waals surface area contributed by atoms with Crippen LogP contribution in [0.5, 0.6) is 0 Å². The van der Waals surface area contributed by atoms with Crippen LogP contribution in [-0.4, -0.2) is 130 Å². The Morgan fingerprint density at radius 3 is 2.00 bits per heavy atom. The van der Waals surface area contributed by atoms with Gasteiger partial charge < -0.3 is 70.9 Å².